The second-order valence-electron chi connectivity index (χ2n) is 6.50. The zero-order valence-electron chi connectivity index (χ0n) is 15.3. The number of para-hydroxylation sites is 2. The van der Waals surface area contributed by atoms with Gasteiger partial charge in [-0.1, -0.05) is 29.8 Å². The molecule has 2 heterocycles. The summed E-state index contributed by atoms with van der Waals surface area (Å²) in [5.74, 6) is 0.889. The average Bonchev–Trinajstić information content (AvgIpc) is 3.32. The van der Waals surface area contributed by atoms with Gasteiger partial charge in [0, 0.05) is 30.2 Å². The van der Waals surface area contributed by atoms with Crippen LogP contribution in [0.4, 0.5) is 5.69 Å². The van der Waals surface area contributed by atoms with E-state index >= 15 is 0 Å². The summed E-state index contributed by atoms with van der Waals surface area (Å²) in [6.45, 7) is 6.40. The Balaban J connectivity index is 1.62. The highest BCUT2D eigenvalue weighted by Crippen LogP contribution is 2.33. The maximum atomic E-state index is 6.04. The molecule has 0 bridgehead atoms. The molecule has 0 aliphatic carbocycles. The molecular formula is C22H24N2O2. The van der Waals surface area contributed by atoms with E-state index in [0.717, 1.165) is 30.2 Å². The highest BCUT2D eigenvalue weighted by Gasteiger charge is 2.28. The number of aryl methyl sites for hydroxylation is 1. The molecule has 4 heteroatoms. The van der Waals surface area contributed by atoms with E-state index in [-0.39, 0.29) is 6.23 Å². The molecule has 134 valence electrons. The summed E-state index contributed by atoms with van der Waals surface area (Å²) in [5.41, 5.74) is 4.65. The third kappa shape index (κ3) is 3.20. The van der Waals surface area contributed by atoms with Crippen LogP contribution in [0.25, 0.3) is 5.69 Å². The van der Waals surface area contributed by atoms with Crippen molar-refractivity contribution in [2.75, 3.05) is 24.7 Å². The molecule has 0 N–H and O–H groups in total. The first-order valence-electron chi connectivity index (χ1n) is 9.11. The van der Waals surface area contributed by atoms with Crippen molar-refractivity contribution in [2.24, 2.45) is 0 Å². The van der Waals surface area contributed by atoms with Gasteiger partial charge >= 0.3 is 0 Å². The molecular weight excluding hydrogens is 324 g/mol. The molecule has 0 radical (unpaired) electrons. The summed E-state index contributed by atoms with van der Waals surface area (Å²) < 4.78 is 13.9. The normalized spacial score (nSPS) is 16.8. The van der Waals surface area contributed by atoms with Gasteiger partial charge in [0.2, 0.25) is 0 Å². The molecule has 1 saturated heterocycles. The van der Waals surface area contributed by atoms with Gasteiger partial charge in [-0.25, -0.2) is 0 Å². The topological polar surface area (TPSA) is 26.6 Å². The van der Waals surface area contributed by atoms with E-state index in [1.807, 2.05) is 25.1 Å². The number of hydrogen-bond acceptors (Lipinski definition) is 3. The van der Waals surface area contributed by atoms with Crippen molar-refractivity contribution in [3.63, 3.8) is 0 Å². The van der Waals surface area contributed by atoms with Gasteiger partial charge < -0.3 is 18.9 Å². The average molecular weight is 348 g/mol. The fourth-order valence-electron chi connectivity index (χ4n) is 3.40. The first-order valence-corrected chi connectivity index (χ1v) is 9.11. The number of ether oxygens (including phenoxy) is 2. The number of rotatable bonds is 5. The third-order valence-corrected chi connectivity index (χ3v) is 4.70. The second-order valence-corrected chi connectivity index (χ2v) is 6.50. The smallest absolute Gasteiger partial charge is 0.158 e. The van der Waals surface area contributed by atoms with Gasteiger partial charge in [-0.3, -0.25) is 0 Å². The number of nitrogens with zero attached hydrogens (tertiary/aromatic N) is 2. The van der Waals surface area contributed by atoms with Crippen LogP contribution in [-0.4, -0.2) is 24.3 Å². The molecule has 4 nitrogen and oxygen atoms in total. The van der Waals surface area contributed by atoms with Crippen LogP contribution >= 0.6 is 0 Å². The minimum atomic E-state index is -0.0572. The van der Waals surface area contributed by atoms with E-state index in [9.17, 15) is 0 Å². The van der Waals surface area contributed by atoms with Gasteiger partial charge in [-0.2, -0.15) is 0 Å². The van der Waals surface area contributed by atoms with E-state index in [1.54, 1.807) is 0 Å². The van der Waals surface area contributed by atoms with Crippen molar-refractivity contribution >= 4 is 5.69 Å². The van der Waals surface area contributed by atoms with Crippen molar-refractivity contribution in [1.29, 1.82) is 0 Å². The third-order valence-electron chi connectivity index (χ3n) is 4.70. The van der Waals surface area contributed by atoms with Crippen molar-refractivity contribution in [1.82, 2.24) is 4.57 Å². The van der Waals surface area contributed by atoms with Gasteiger partial charge in [-0.15, -0.1) is 0 Å². The molecule has 0 unspecified atom stereocenters. The minimum absolute atomic E-state index is 0.0572. The lowest BCUT2D eigenvalue weighted by Crippen LogP contribution is -2.22. The second kappa shape index (κ2) is 7.26. The molecule has 1 aliphatic heterocycles. The van der Waals surface area contributed by atoms with Gasteiger partial charge in [0.1, 0.15) is 5.75 Å². The summed E-state index contributed by atoms with van der Waals surface area (Å²) in [6, 6.07) is 18.9. The van der Waals surface area contributed by atoms with Crippen LogP contribution in [0, 0.1) is 6.92 Å². The maximum absolute atomic E-state index is 6.04. The number of anilines is 1. The minimum Gasteiger partial charge on any atom is -0.492 e. The van der Waals surface area contributed by atoms with Crippen LogP contribution in [0.15, 0.2) is 67.0 Å². The molecule has 0 spiro atoms. The molecule has 3 aromatic rings. The van der Waals surface area contributed by atoms with Crippen molar-refractivity contribution < 1.29 is 9.47 Å². The fraction of sp³-hybridized carbons (Fsp3) is 0.273. The van der Waals surface area contributed by atoms with Gasteiger partial charge in [0.05, 0.1) is 18.9 Å². The Hall–Kier alpha value is -2.72. The monoisotopic (exact) mass is 348 g/mol. The Kier molecular flexibility index (Phi) is 4.67. The van der Waals surface area contributed by atoms with Crippen LogP contribution in [0.1, 0.15) is 24.3 Å². The number of hydrogen-bond donors (Lipinski definition) is 0. The Morgan fingerprint density at radius 2 is 1.88 bits per heavy atom. The van der Waals surface area contributed by atoms with Crippen LogP contribution in [0.5, 0.6) is 5.75 Å². The highest BCUT2D eigenvalue weighted by atomic mass is 16.5. The summed E-state index contributed by atoms with van der Waals surface area (Å²) in [5, 5.41) is 0. The highest BCUT2D eigenvalue weighted by molar-refractivity contribution is 5.51. The molecule has 26 heavy (non-hydrogen) atoms. The van der Waals surface area contributed by atoms with Crippen LogP contribution < -0.4 is 9.64 Å². The lowest BCUT2D eigenvalue weighted by Gasteiger charge is -2.24. The standard InChI is InChI=1S/C22H24N2O2/c1-3-25-21-7-5-4-6-20(21)23-13-12-18(16-23)22-24(14-15-26-22)19-10-8-17(2)9-11-19/h4-13,16,22H,3,14-15H2,1-2H3/t22-/m1/s1. The summed E-state index contributed by atoms with van der Waals surface area (Å²) in [4.78, 5) is 2.31. The largest absolute Gasteiger partial charge is 0.492 e. The van der Waals surface area contributed by atoms with Gasteiger partial charge in [-0.05, 0) is 44.2 Å². The maximum Gasteiger partial charge on any atom is 0.158 e. The molecule has 1 fully saturated rings. The number of aromatic nitrogens is 1. The fourth-order valence-corrected chi connectivity index (χ4v) is 3.40. The van der Waals surface area contributed by atoms with Crippen LogP contribution in [0.3, 0.4) is 0 Å². The summed E-state index contributed by atoms with van der Waals surface area (Å²) in [6.07, 6.45) is 4.15. The van der Waals surface area contributed by atoms with E-state index in [2.05, 4.69) is 65.2 Å². The predicted molar refractivity (Wildman–Crippen MR) is 104 cm³/mol. The zero-order chi connectivity index (χ0) is 17.9. The quantitative estimate of drug-likeness (QED) is 0.667. The van der Waals surface area contributed by atoms with Gasteiger partial charge in [0.25, 0.3) is 0 Å². The molecule has 0 amide bonds. The molecule has 4 rings (SSSR count). The molecule has 0 saturated carbocycles. The van der Waals surface area contributed by atoms with E-state index in [1.165, 1.54) is 11.3 Å². The van der Waals surface area contributed by atoms with Crippen molar-refractivity contribution in [2.45, 2.75) is 20.1 Å². The van der Waals surface area contributed by atoms with Crippen molar-refractivity contribution in [3.8, 4) is 11.4 Å². The molecule has 2 aromatic carbocycles. The molecule has 1 atom stereocenters. The Morgan fingerprint density at radius 1 is 1.08 bits per heavy atom. The predicted octanol–water partition coefficient (Wildman–Crippen LogP) is 4.72. The lowest BCUT2D eigenvalue weighted by atomic mass is 10.2. The van der Waals surface area contributed by atoms with E-state index in [0.29, 0.717) is 6.61 Å². The first-order chi connectivity index (χ1) is 12.8. The first kappa shape index (κ1) is 16.7. The molecule has 1 aliphatic rings. The van der Waals surface area contributed by atoms with Crippen LogP contribution in [-0.2, 0) is 4.74 Å². The zero-order valence-corrected chi connectivity index (χ0v) is 15.3. The Labute approximate surface area is 154 Å². The van der Waals surface area contributed by atoms with Gasteiger partial charge in [0.15, 0.2) is 6.23 Å². The van der Waals surface area contributed by atoms with Crippen LogP contribution in [0.2, 0.25) is 0 Å². The summed E-state index contributed by atoms with van der Waals surface area (Å²) in [7, 11) is 0. The van der Waals surface area contributed by atoms with Crippen molar-refractivity contribution in [3.05, 3.63) is 78.1 Å². The lowest BCUT2D eigenvalue weighted by molar-refractivity contribution is 0.114. The Morgan fingerprint density at radius 3 is 2.69 bits per heavy atom. The Bertz CT molecular complexity index is 870. The van der Waals surface area contributed by atoms with E-state index < -0.39 is 0 Å². The van der Waals surface area contributed by atoms with E-state index in [4.69, 9.17) is 9.47 Å². The SMILES string of the molecule is CCOc1ccccc1-n1ccc([C@H]2OCCN2c2ccc(C)cc2)c1. The number of benzene rings is 2. The summed E-state index contributed by atoms with van der Waals surface area (Å²) >= 11 is 0. The molecule has 1 aromatic heterocycles.